The molecule has 7 nitrogen and oxygen atoms in total. The Kier molecular flexibility index (Phi) is 4.53. The van der Waals surface area contributed by atoms with Crippen LogP contribution in [-0.2, 0) is 14.4 Å². The molecule has 2 amide bonds. The Morgan fingerprint density at radius 3 is 2.67 bits per heavy atom. The van der Waals surface area contributed by atoms with E-state index in [4.69, 9.17) is 17.3 Å². The monoisotopic (exact) mass is 373 g/mol. The Balaban J connectivity index is 1.71. The highest BCUT2D eigenvalue weighted by Gasteiger charge is 2.54. The standard InChI is InChI=1S/C15H14ClN3O4S/c16-8-6-24-14-10(13(21)19(14)11(8)15(22)23)18-12(20)9(17)7-4-2-1-3-5-7/h1-5,9-10,14H,6,17H2,(H,18,20)(H,22,23)/t9-,10+,14+/m0/s1/i1+1,2+1,3+1,4+1,5+1,7+1. The van der Waals surface area contributed by atoms with Crippen molar-refractivity contribution >= 4 is 41.1 Å². The Labute approximate surface area is 146 Å². The largest absolute Gasteiger partial charge is 0.477 e. The summed E-state index contributed by atoms with van der Waals surface area (Å²) in [5.41, 5.74) is 6.32. The predicted octanol–water partition coefficient (Wildman–Crippen LogP) is 0.621. The fourth-order valence-electron chi connectivity index (χ4n) is 2.64. The van der Waals surface area contributed by atoms with Crippen LogP contribution in [0.4, 0.5) is 0 Å². The first-order valence-electron chi connectivity index (χ1n) is 7.09. The molecule has 1 aromatic carbocycles. The highest BCUT2D eigenvalue weighted by atomic mass is 35.5. The van der Waals surface area contributed by atoms with Gasteiger partial charge in [0, 0.05) is 5.75 Å². The fraction of sp³-hybridized carbons (Fsp3) is 0.267. The first kappa shape index (κ1) is 16.8. The number of carboxylic acid groups (broad SMARTS) is 1. The molecule has 0 aromatic heterocycles. The molecule has 4 N–H and O–H groups in total. The van der Waals surface area contributed by atoms with Crippen LogP contribution in [0, 0.1) is 0 Å². The normalized spacial score (nSPS) is 24.1. The third-order valence-corrected chi connectivity index (χ3v) is 5.61. The lowest BCUT2D eigenvalue weighted by molar-refractivity contribution is -0.150. The summed E-state index contributed by atoms with van der Waals surface area (Å²) in [5, 5.41) is 11.4. The van der Waals surface area contributed by atoms with Crippen molar-refractivity contribution in [2.75, 3.05) is 5.75 Å². The molecule has 3 rings (SSSR count). The number of fused-ring (bicyclic) bond motifs is 1. The Morgan fingerprint density at radius 1 is 1.38 bits per heavy atom. The molecule has 24 heavy (non-hydrogen) atoms. The number of hydrogen-bond donors (Lipinski definition) is 3. The average Bonchev–Trinajstić information content (AvgIpc) is 2.59. The molecule has 0 spiro atoms. The number of β-lactam (4-membered cyclic amide) rings is 1. The van der Waals surface area contributed by atoms with Crippen LogP contribution in [-0.4, -0.2) is 45.0 Å². The van der Waals surface area contributed by atoms with Crippen molar-refractivity contribution in [2.45, 2.75) is 17.5 Å². The maximum absolute atomic E-state index is 12.3. The van der Waals surface area contributed by atoms with Crippen LogP contribution in [0.15, 0.2) is 41.1 Å². The van der Waals surface area contributed by atoms with E-state index in [0.29, 0.717) is 5.56 Å². The molecule has 0 unspecified atom stereocenters. The van der Waals surface area contributed by atoms with E-state index in [1.54, 1.807) is 24.3 Å². The van der Waals surface area contributed by atoms with Crippen LogP contribution >= 0.6 is 23.4 Å². The van der Waals surface area contributed by atoms with Gasteiger partial charge in [0.25, 0.3) is 5.91 Å². The molecule has 1 aromatic rings. The van der Waals surface area contributed by atoms with Gasteiger partial charge in [0.1, 0.15) is 23.2 Å². The van der Waals surface area contributed by atoms with Gasteiger partial charge in [0.2, 0.25) is 5.91 Å². The molecule has 2 aliphatic heterocycles. The number of carbonyl (C=O) groups is 3. The number of halogens is 1. The van der Waals surface area contributed by atoms with Gasteiger partial charge in [-0.05, 0) is 5.56 Å². The summed E-state index contributed by atoms with van der Waals surface area (Å²) in [6.07, 6.45) is 0. The third kappa shape index (κ3) is 2.77. The zero-order valence-electron chi connectivity index (χ0n) is 12.3. The number of nitrogens with zero attached hydrogens (tertiary/aromatic N) is 1. The van der Waals surface area contributed by atoms with E-state index in [1.807, 2.05) is 6.07 Å². The van der Waals surface area contributed by atoms with Gasteiger partial charge in [-0.2, -0.15) is 0 Å². The number of carboxylic acids is 1. The van der Waals surface area contributed by atoms with Gasteiger partial charge in [-0.25, -0.2) is 4.79 Å². The molecule has 0 saturated carbocycles. The Hall–Kier alpha value is -2.03. The molecule has 0 aliphatic carbocycles. The summed E-state index contributed by atoms with van der Waals surface area (Å²) in [6, 6.07) is 7.07. The molecule has 0 bridgehead atoms. The number of nitrogens with two attached hydrogens (primary N) is 1. The van der Waals surface area contributed by atoms with Crippen molar-refractivity contribution in [2.24, 2.45) is 5.73 Å². The highest BCUT2D eigenvalue weighted by molar-refractivity contribution is 8.00. The third-order valence-electron chi connectivity index (χ3n) is 3.86. The molecule has 1 saturated heterocycles. The quantitative estimate of drug-likeness (QED) is 0.667. The topological polar surface area (TPSA) is 113 Å². The maximum Gasteiger partial charge on any atom is 0.353 e. The molecule has 3 atom stereocenters. The van der Waals surface area contributed by atoms with Gasteiger partial charge >= 0.3 is 5.97 Å². The van der Waals surface area contributed by atoms with Crippen LogP contribution < -0.4 is 11.1 Å². The van der Waals surface area contributed by atoms with E-state index < -0.39 is 35.2 Å². The van der Waals surface area contributed by atoms with Crippen molar-refractivity contribution in [1.29, 1.82) is 0 Å². The van der Waals surface area contributed by atoms with Crippen molar-refractivity contribution < 1.29 is 19.5 Å². The van der Waals surface area contributed by atoms with Crippen molar-refractivity contribution in [3.8, 4) is 0 Å². The van der Waals surface area contributed by atoms with E-state index in [1.165, 1.54) is 11.8 Å². The zero-order chi connectivity index (χ0) is 17.4. The molecule has 9 heteroatoms. The van der Waals surface area contributed by atoms with E-state index in [0.717, 1.165) is 4.90 Å². The van der Waals surface area contributed by atoms with E-state index in [2.05, 4.69) is 5.32 Å². The number of rotatable bonds is 4. The van der Waals surface area contributed by atoms with Gasteiger partial charge < -0.3 is 16.2 Å². The van der Waals surface area contributed by atoms with Gasteiger partial charge in [-0.1, -0.05) is 41.9 Å². The summed E-state index contributed by atoms with van der Waals surface area (Å²) in [6.45, 7) is 0. The van der Waals surface area contributed by atoms with Crippen LogP contribution in [0.3, 0.4) is 0 Å². The summed E-state index contributed by atoms with van der Waals surface area (Å²) < 4.78 is 0. The number of amides is 2. The number of hydrogen-bond acceptors (Lipinski definition) is 5. The summed E-state index contributed by atoms with van der Waals surface area (Å²) >= 11 is 7.20. The SMILES string of the molecule is N[C@H](C(=O)N[C@@H]1C(=O)N2C(C(=O)O)=C(Cl)CS[C@H]12)[13c]1[13cH][13cH][13cH][13cH][13cH]1. The number of aliphatic carboxylic acids is 1. The molecule has 2 aliphatic rings. The van der Waals surface area contributed by atoms with Crippen molar-refractivity contribution in [1.82, 2.24) is 10.2 Å². The molecular formula is C15H14ClN3O4S. The molecule has 2 heterocycles. The lowest BCUT2D eigenvalue weighted by Gasteiger charge is -2.48. The Morgan fingerprint density at radius 2 is 2.04 bits per heavy atom. The molecule has 126 valence electrons. The second-order valence-corrected chi connectivity index (χ2v) is 6.90. The van der Waals surface area contributed by atoms with Crippen LogP contribution in [0.5, 0.6) is 0 Å². The number of carbonyl (C=O) groups excluding carboxylic acids is 2. The van der Waals surface area contributed by atoms with Gasteiger partial charge in [0.15, 0.2) is 0 Å². The van der Waals surface area contributed by atoms with Crippen molar-refractivity contribution in [3.63, 3.8) is 0 Å². The van der Waals surface area contributed by atoms with Crippen LogP contribution in [0.2, 0.25) is 0 Å². The first-order chi connectivity index (χ1) is 11.4. The fourth-order valence-corrected chi connectivity index (χ4v) is 4.19. The minimum atomic E-state index is -1.26. The average molecular weight is 374 g/mol. The second kappa shape index (κ2) is 6.46. The van der Waals surface area contributed by atoms with E-state index in [9.17, 15) is 19.5 Å². The maximum atomic E-state index is 12.3. The zero-order valence-corrected chi connectivity index (χ0v) is 13.9. The number of benzene rings is 1. The minimum absolute atomic E-state index is 0.114. The van der Waals surface area contributed by atoms with Gasteiger partial charge in [-0.15, -0.1) is 11.8 Å². The van der Waals surface area contributed by atoms with Crippen LogP contribution in [0.1, 0.15) is 11.6 Å². The Bertz CT molecular complexity index is 739. The second-order valence-electron chi connectivity index (χ2n) is 5.34. The van der Waals surface area contributed by atoms with Gasteiger partial charge in [-0.3, -0.25) is 14.5 Å². The van der Waals surface area contributed by atoms with Crippen LogP contribution in [0.25, 0.3) is 0 Å². The first-order valence-corrected chi connectivity index (χ1v) is 8.52. The molecule has 1 fully saturated rings. The smallest absolute Gasteiger partial charge is 0.353 e. The van der Waals surface area contributed by atoms with E-state index in [-0.39, 0.29) is 16.5 Å². The lowest BCUT2D eigenvalue weighted by Crippen LogP contribution is -2.70. The van der Waals surface area contributed by atoms with Gasteiger partial charge in [0.05, 0.1) is 5.03 Å². The lowest BCUT2D eigenvalue weighted by atomic mass is 10.0. The summed E-state index contributed by atoms with van der Waals surface area (Å²) in [7, 11) is 0. The summed E-state index contributed by atoms with van der Waals surface area (Å²) in [5.74, 6) is -1.98. The minimum Gasteiger partial charge on any atom is -0.477 e. The number of nitrogens with one attached hydrogen (secondary N) is 1. The predicted molar refractivity (Wildman–Crippen MR) is 88.9 cm³/mol. The molecule has 0 radical (unpaired) electrons. The molecular weight excluding hydrogens is 360 g/mol. The summed E-state index contributed by atoms with van der Waals surface area (Å²) in [4.78, 5) is 36.9. The highest BCUT2D eigenvalue weighted by Crippen LogP contribution is 2.41. The van der Waals surface area contributed by atoms with E-state index >= 15 is 0 Å². The number of thioether (sulfide) groups is 1. The van der Waals surface area contributed by atoms with Crippen molar-refractivity contribution in [3.05, 3.63) is 46.6 Å².